The van der Waals surface area contributed by atoms with E-state index in [0.717, 1.165) is 19.4 Å². The van der Waals surface area contributed by atoms with Crippen molar-refractivity contribution in [3.63, 3.8) is 0 Å². The number of hydrogen-bond acceptors (Lipinski definition) is 2. The van der Waals surface area contributed by atoms with Crippen LogP contribution >= 0.6 is 0 Å². The molecule has 0 spiro atoms. The van der Waals surface area contributed by atoms with E-state index in [1.807, 2.05) is 6.07 Å². The molecule has 13 heavy (non-hydrogen) atoms. The third-order valence-electron chi connectivity index (χ3n) is 2.59. The van der Waals surface area contributed by atoms with Crippen LogP contribution in [0, 0.1) is 0 Å². The van der Waals surface area contributed by atoms with Crippen LogP contribution in [-0.2, 0) is 0 Å². The van der Waals surface area contributed by atoms with Gasteiger partial charge in [0.15, 0.2) is 0 Å². The first-order chi connectivity index (χ1) is 6.36. The summed E-state index contributed by atoms with van der Waals surface area (Å²) in [5.41, 5.74) is 1.33. The summed E-state index contributed by atoms with van der Waals surface area (Å²) in [6, 6.07) is 10.8. The Balaban J connectivity index is 2.03. The Labute approximate surface area is 78.6 Å². The van der Waals surface area contributed by atoms with Gasteiger partial charge in [-0.05, 0) is 18.4 Å². The summed E-state index contributed by atoms with van der Waals surface area (Å²) in [5, 5.41) is 12.6. The molecule has 0 aromatic heterocycles. The summed E-state index contributed by atoms with van der Waals surface area (Å²) < 4.78 is 0. The van der Waals surface area contributed by atoms with Crippen molar-refractivity contribution >= 4 is 0 Å². The standard InChI is InChI=1S/C11H15NO/c13-10-6-7-11(12-8-10)9-4-2-1-3-5-9/h1-5,10-13H,6-8H2/t10-,11+/m0/s1. The number of β-amino-alcohol motifs (C(OH)–C–C–N with tert-alkyl or cyclic N) is 1. The lowest BCUT2D eigenvalue weighted by Gasteiger charge is -2.27. The molecule has 2 rings (SSSR count). The Morgan fingerprint density at radius 3 is 2.54 bits per heavy atom. The second kappa shape index (κ2) is 3.90. The first-order valence-corrected chi connectivity index (χ1v) is 4.82. The van der Waals surface area contributed by atoms with Crippen LogP contribution in [0.5, 0.6) is 0 Å². The molecule has 1 heterocycles. The molecule has 0 bridgehead atoms. The van der Waals surface area contributed by atoms with Gasteiger partial charge in [0, 0.05) is 12.6 Å². The number of nitrogens with one attached hydrogen (secondary N) is 1. The second-order valence-electron chi connectivity index (χ2n) is 3.60. The molecule has 0 aliphatic carbocycles. The van der Waals surface area contributed by atoms with Gasteiger partial charge in [0.05, 0.1) is 6.10 Å². The van der Waals surface area contributed by atoms with Gasteiger partial charge < -0.3 is 10.4 Å². The first-order valence-electron chi connectivity index (χ1n) is 4.82. The fraction of sp³-hybridized carbons (Fsp3) is 0.455. The number of rotatable bonds is 1. The average molecular weight is 177 g/mol. The van der Waals surface area contributed by atoms with E-state index in [4.69, 9.17) is 0 Å². The molecule has 0 saturated carbocycles. The van der Waals surface area contributed by atoms with Crippen LogP contribution in [0.15, 0.2) is 30.3 Å². The fourth-order valence-electron chi connectivity index (χ4n) is 1.81. The van der Waals surface area contributed by atoms with E-state index in [1.54, 1.807) is 0 Å². The normalized spacial score (nSPS) is 28.7. The molecule has 70 valence electrons. The van der Waals surface area contributed by atoms with Gasteiger partial charge in [0.1, 0.15) is 0 Å². The van der Waals surface area contributed by atoms with Gasteiger partial charge >= 0.3 is 0 Å². The highest BCUT2D eigenvalue weighted by Gasteiger charge is 2.19. The average Bonchev–Trinajstić information content (AvgIpc) is 2.20. The molecule has 1 saturated heterocycles. The Morgan fingerprint density at radius 2 is 1.92 bits per heavy atom. The zero-order chi connectivity index (χ0) is 9.10. The third kappa shape index (κ3) is 2.08. The monoisotopic (exact) mass is 177 g/mol. The molecular formula is C11H15NO. The van der Waals surface area contributed by atoms with E-state index in [9.17, 15) is 5.11 Å². The van der Waals surface area contributed by atoms with Crippen LogP contribution in [0.25, 0.3) is 0 Å². The highest BCUT2D eigenvalue weighted by atomic mass is 16.3. The lowest BCUT2D eigenvalue weighted by Crippen LogP contribution is -2.36. The predicted octanol–water partition coefficient (Wildman–Crippen LogP) is 1.47. The Morgan fingerprint density at radius 1 is 1.15 bits per heavy atom. The summed E-state index contributed by atoms with van der Waals surface area (Å²) >= 11 is 0. The molecule has 0 radical (unpaired) electrons. The Kier molecular flexibility index (Phi) is 2.62. The zero-order valence-electron chi connectivity index (χ0n) is 7.61. The van der Waals surface area contributed by atoms with Crippen molar-refractivity contribution in [1.82, 2.24) is 5.32 Å². The minimum absolute atomic E-state index is 0.153. The molecule has 2 heteroatoms. The molecule has 2 atom stereocenters. The highest BCUT2D eigenvalue weighted by molar-refractivity contribution is 5.19. The summed E-state index contributed by atoms with van der Waals surface area (Å²) in [4.78, 5) is 0. The molecule has 0 unspecified atom stereocenters. The summed E-state index contributed by atoms with van der Waals surface area (Å²) in [6.07, 6.45) is 1.79. The molecular weight excluding hydrogens is 162 g/mol. The molecule has 1 aliphatic rings. The van der Waals surface area contributed by atoms with Crippen LogP contribution in [0.3, 0.4) is 0 Å². The number of hydrogen-bond donors (Lipinski definition) is 2. The van der Waals surface area contributed by atoms with Crippen molar-refractivity contribution in [2.45, 2.75) is 25.0 Å². The fourth-order valence-corrected chi connectivity index (χ4v) is 1.81. The van der Waals surface area contributed by atoms with Gasteiger partial charge in [-0.3, -0.25) is 0 Å². The molecule has 1 aliphatic heterocycles. The van der Waals surface area contributed by atoms with Crippen molar-refractivity contribution in [1.29, 1.82) is 0 Å². The van der Waals surface area contributed by atoms with Crippen molar-refractivity contribution < 1.29 is 5.11 Å². The minimum atomic E-state index is -0.153. The van der Waals surface area contributed by atoms with Gasteiger partial charge in [-0.2, -0.15) is 0 Å². The van der Waals surface area contributed by atoms with Crippen LogP contribution in [0.1, 0.15) is 24.4 Å². The van der Waals surface area contributed by atoms with Crippen LogP contribution < -0.4 is 5.32 Å². The smallest absolute Gasteiger partial charge is 0.0665 e. The Hall–Kier alpha value is -0.860. The zero-order valence-corrected chi connectivity index (χ0v) is 7.61. The SMILES string of the molecule is O[C@H]1CC[C@H](c2ccccc2)NC1. The topological polar surface area (TPSA) is 32.3 Å². The summed E-state index contributed by atoms with van der Waals surface area (Å²) in [7, 11) is 0. The maximum Gasteiger partial charge on any atom is 0.0665 e. The van der Waals surface area contributed by atoms with E-state index in [0.29, 0.717) is 6.04 Å². The lowest BCUT2D eigenvalue weighted by molar-refractivity contribution is 0.126. The van der Waals surface area contributed by atoms with E-state index < -0.39 is 0 Å². The van der Waals surface area contributed by atoms with Crippen LogP contribution in [0.2, 0.25) is 0 Å². The third-order valence-corrected chi connectivity index (χ3v) is 2.59. The van der Waals surface area contributed by atoms with Crippen LogP contribution in [-0.4, -0.2) is 17.8 Å². The molecule has 2 N–H and O–H groups in total. The van der Waals surface area contributed by atoms with Gasteiger partial charge in [0.25, 0.3) is 0 Å². The van der Waals surface area contributed by atoms with E-state index in [2.05, 4.69) is 29.6 Å². The van der Waals surface area contributed by atoms with Crippen molar-refractivity contribution in [3.05, 3.63) is 35.9 Å². The van der Waals surface area contributed by atoms with Crippen molar-refractivity contribution in [3.8, 4) is 0 Å². The summed E-state index contributed by atoms with van der Waals surface area (Å²) in [5.74, 6) is 0. The van der Waals surface area contributed by atoms with Crippen molar-refractivity contribution in [2.24, 2.45) is 0 Å². The maximum atomic E-state index is 9.31. The van der Waals surface area contributed by atoms with Gasteiger partial charge in [0.2, 0.25) is 0 Å². The minimum Gasteiger partial charge on any atom is -0.392 e. The van der Waals surface area contributed by atoms with Gasteiger partial charge in [-0.25, -0.2) is 0 Å². The number of aliphatic hydroxyl groups excluding tert-OH is 1. The van der Waals surface area contributed by atoms with Gasteiger partial charge in [-0.1, -0.05) is 30.3 Å². The highest BCUT2D eigenvalue weighted by Crippen LogP contribution is 2.22. The molecule has 1 fully saturated rings. The maximum absolute atomic E-state index is 9.31. The molecule has 1 aromatic rings. The Bertz CT molecular complexity index is 252. The van der Waals surface area contributed by atoms with Crippen molar-refractivity contribution in [2.75, 3.05) is 6.54 Å². The predicted molar refractivity (Wildman–Crippen MR) is 52.4 cm³/mol. The number of benzene rings is 1. The molecule has 0 amide bonds. The summed E-state index contributed by atoms with van der Waals surface area (Å²) in [6.45, 7) is 0.722. The molecule has 2 nitrogen and oxygen atoms in total. The second-order valence-corrected chi connectivity index (χ2v) is 3.60. The van der Waals surface area contributed by atoms with E-state index in [-0.39, 0.29) is 6.10 Å². The van der Waals surface area contributed by atoms with Crippen LogP contribution in [0.4, 0.5) is 0 Å². The van der Waals surface area contributed by atoms with E-state index in [1.165, 1.54) is 5.56 Å². The van der Waals surface area contributed by atoms with E-state index >= 15 is 0 Å². The first kappa shape index (κ1) is 8.73. The number of piperidine rings is 1. The number of aliphatic hydroxyl groups is 1. The van der Waals surface area contributed by atoms with Gasteiger partial charge in [-0.15, -0.1) is 0 Å². The quantitative estimate of drug-likeness (QED) is 0.681. The largest absolute Gasteiger partial charge is 0.392 e. The molecule has 1 aromatic carbocycles. The lowest BCUT2D eigenvalue weighted by atomic mass is 9.96.